The zero-order valence-corrected chi connectivity index (χ0v) is 18.3. The molecule has 1 aliphatic rings. The first-order valence-electron chi connectivity index (χ1n) is 10.4. The Labute approximate surface area is 200 Å². The van der Waals surface area contributed by atoms with Crippen molar-refractivity contribution >= 4 is 28.5 Å². The van der Waals surface area contributed by atoms with Crippen LogP contribution in [0.3, 0.4) is 0 Å². The van der Waals surface area contributed by atoms with Gasteiger partial charge in [-0.2, -0.15) is 13.2 Å². The molecule has 0 aliphatic carbocycles. The monoisotopic (exact) mass is 515 g/mol. The molecule has 3 aromatic rings. The molecule has 1 aromatic heterocycles. The summed E-state index contributed by atoms with van der Waals surface area (Å²) in [6, 6.07) is 14.7. The molecule has 2 aromatic carbocycles. The van der Waals surface area contributed by atoms with Crippen LogP contribution in [0, 0.1) is 0 Å². The van der Waals surface area contributed by atoms with Crippen LogP contribution in [-0.4, -0.2) is 53.6 Å². The largest absolute Gasteiger partial charge is 0.573 e. The lowest BCUT2D eigenvalue weighted by Gasteiger charge is -2.20. The highest BCUT2D eigenvalue weighted by Crippen LogP contribution is 2.28. The van der Waals surface area contributed by atoms with E-state index in [1.54, 1.807) is 6.20 Å². The standard InChI is InChI=1S/C21H18F3N3O2.C2HF3O2/c22-21(23,24)29-16-7-5-14(6-8-16)20(28)26-15-10-12-27(13-15)19-9-11-25-18-4-2-1-3-17(18)19;3-2(4,5)1(6)7/h1-9,11,15H,10,12-13H2,(H,26,28);(H,6,7). The Balaban J connectivity index is 0.000000454. The van der Waals surface area contributed by atoms with E-state index in [1.807, 2.05) is 30.3 Å². The summed E-state index contributed by atoms with van der Waals surface area (Å²) < 4.78 is 72.3. The molecule has 0 radical (unpaired) electrons. The first-order valence-corrected chi connectivity index (χ1v) is 10.4. The molecule has 1 amide bonds. The first-order chi connectivity index (χ1) is 16.8. The summed E-state index contributed by atoms with van der Waals surface area (Å²) in [6.45, 7) is 1.44. The zero-order chi connectivity index (χ0) is 26.5. The third-order valence-corrected chi connectivity index (χ3v) is 5.08. The van der Waals surface area contributed by atoms with Crippen LogP contribution in [0.15, 0.2) is 60.8 Å². The number of amides is 1. The minimum Gasteiger partial charge on any atom is -0.475 e. The van der Waals surface area contributed by atoms with Crippen LogP contribution in [0.25, 0.3) is 10.9 Å². The summed E-state index contributed by atoms with van der Waals surface area (Å²) in [5.74, 6) is -3.44. The van der Waals surface area contributed by atoms with Gasteiger partial charge in [-0.25, -0.2) is 4.79 Å². The second kappa shape index (κ2) is 10.7. The van der Waals surface area contributed by atoms with Crippen LogP contribution >= 0.6 is 0 Å². The number of aliphatic carboxylic acids is 1. The van der Waals surface area contributed by atoms with Gasteiger partial charge in [0.25, 0.3) is 5.91 Å². The fraction of sp³-hybridized carbons (Fsp3) is 0.261. The second-order valence-corrected chi connectivity index (χ2v) is 7.63. The molecule has 13 heteroatoms. The number of ether oxygens (including phenoxy) is 1. The highest BCUT2D eigenvalue weighted by atomic mass is 19.4. The summed E-state index contributed by atoms with van der Waals surface area (Å²) >= 11 is 0. The van der Waals surface area contributed by atoms with Crippen LogP contribution in [0.1, 0.15) is 16.8 Å². The number of carbonyl (C=O) groups is 2. The van der Waals surface area contributed by atoms with E-state index in [2.05, 4.69) is 19.9 Å². The van der Waals surface area contributed by atoms with E-state index in [0.29, 0.717) is 6.54 Å². The average molecular weight is 515 g/mol. The number of alkyl halides is 6. The van der Waals surface area contributed by atoms with E-state index in [-0.39, 0.29) is 23.3 Å². The number of nitrogens with one attached hydrogen (secondary N) is 1. The summed E-state index contributed by atoms with van der Waals surface area (Å²) in [7, 11) is 0. The van der Waals surface area contributed by atoms with Crippen molar-refractivity contribution in [3.63, 3.8) is 0 Å². The molecular formula is C23H19F6N3O4. The Kier molecular flexibility index (Phi) is 7.90. The smallest absolute Gasteiger partial charge is 0.475 e. The van der Waals surface area contributed by atoms with Crippen molar-refractivity contribution in [3.8, 4) is 5.75 Å². The fourth-order valence-electron chi connectivity index (χ4n) is 3.53. The van der Waals surface area contributed by atoms with Crippen LogP contribution in [0.4, 0.5) is 32.0 Å². The number of hydrogen-bond donors (Lipinski definition) is 2. The van der Waals surface area contributed by atoms with Crippen molar-refractivity contribution in [2.45, 2.75) is 25.0 Å². The molecule has 7 nitrogen and oxygen atoms in total. The number of carbonyl (C=O) groups excluding carboxylic acids is 1. The van der Waals surface area contributed by atoms with E-state index >= 15 is 0 Å². The van der Waals surface area contributed by atoms with Crippen LogP contribution < -0.4 is 15.0 Å². The number of pyridine rings is 1. The predicted octanol–water partition coefficient (Wildman–Crippen LogP) is 4.78. The van der Waals surface area contributed by atoms with Gasteiger partial charge in [-0.1, -0.05) is 18.2 Å². The van der Waals surface area contributed by atoms with Crippen LogP contribution in [0.5, 0.6) is 5.75 Å². The van der Waals surface area contributed by atoms with Gasteiger partial charge in [0.1, 0.15) is 5.75 Å². The molecule has 0 saturated carbocycles. The summed E-state index contributed by atoms with van der Waals surface area (Å²) in [4.78, 5) is 27.9. The SMILES string of the molecule is O=C(NC1CCN(c2ccnc3ccccc23)C1)c1ccc(OC(F)(F)F)cc1.O=C(O)C(F)(F)F. The molecule has 36 heavy (non-hydrogen) atoms. The average Bonchev–Trinajstić information content (AvgIpc) is 3.26. The maximum Gasteiger partial charge on any atom is 0.573 e. The normalized spacial score (nSPS) is 15.7. The van der Waals surface area contributed by atoms with Gasteiger partial charge in [-0.05, 0) is 42.8 Å². The summed E-state index contributed by atoms with van der Waals surface area (Å²) in [5, 5.41) is 11.1. The van der Waals surface area contributed by atoms with E-state index in [9.17, 15) is 31.1 Å². The molecule has 1 unspecified atom stereocenters. The van der Waals surface area contributed by atoms with Crippen LogP contribution in [-0.2, 0) is 4.79 Å². The number of carboxylic acids is 1. The highest BCUT2D eigenvalue weighted by molar-refractivity contribution is 5.95. The third kappa shape index (κ3) is 7.23. The molecule has 2 heterocycles. The molecule has 0 bridgehead atoms. The van der Waals surface area contributed by atoms with Gasteiger partial charge in [-0.15, -0.1) is 13.2 Å². The molecule has 1 fully saturated rings. The number of nitrogens with zero attached hydrogens (tertiary/aromatic N) is 2. The molecule has 192 valence electrons. The van der Waals surface area contributed by atoms with Gasteiger partial charge in [0.2, 0.25) is 0 Å². The number of carboxylic acid groups (broad SMARTS) is 1. The number of anilines is 1. The molecule has 2 N–H and O–H groups in total. The van der Waals surface area contributed by atoms with Crippen LogP contribution in [0.2, 0.25) is 0 Å². The maximum absolute atomic E-state index is 12.5. The van der Waals surface area contributed by atoms with Gasteiger partial charge in [0, 0.05) is 42.0 Å². The van der Waals surface area contributed by atoms with Crippen molar-refractivity contribution in [2.24, 2.45) is 0 Å². The van der Waals surface area contributed by atoms with Crippen molar-refractivity contribution < 1.29 is 45.8 Å². The lowest BCUT2D eigenvalue weighted by atomic mass is 10.1. The Bertz CT molecular complexity index is 1210. The molecular weight excluding hydrogens is 496 g/mol. The Morgan fingerprint density at radius 2 is 1.64 bits per heavy atom. The lowest BCUT2D eigenvalue weighted by Crippen LogP contribution is -2.37. The van der Waals surface area contributed by atoms with Crippen molar-refractivity contribution in [2.75, 3.05) is 18.0 Å². The van der Waals surface area contributed by atoms with Gasteiger partial charge >= 0.3 is 18.5 Å². The summed E-state index contributed by atoms with van der Waals surface area (Å²) in [5.41, 5.74) is 2.27. The van der Waals surface area contributed by atoms with E-state index in [0.717, 1.165) is 41.7 Å². The predicted molar refractivity (Wildman–Crippen MR) is 117 cm³/mol. The van der Waals surface area contributed by atoms with Crippen molar-refractivity contribution in [1.82, 2.24) is 10.3 Å². The molecule has 0 spiro atoms. The van der Waals surface area contributed by atoms with E-state index in [4.69, 9.17) is 9.90 Å². The van der Waals surface area contributed by atoms with Gasteiger partial charge < -0.3 is 20.1 Å². The number of hydrogen-bond acceptors (Lipinski definition) is 5. The molecule has 1 saturated heterocycles. The number of halogens is 6. The minimum absolute atomic E-state index is 0.0551. The van der Waals surface area contributed by atoms with E-state index in [1.165, 1.54) is 12.1 Å². The zero-order valence-electron chi connectivity index (χ0n) is 18.3. The molecule has 1 aliphatic heterocycles. The minimum atomic E-state index is -5.08. The summed E-state index contributed by atoms with van der Waals surface area (Å²) in [6.07, 6.45) is -7.29. The van der Waals surface area contributed by atoms with Gasteiger partial charge in [0.05, 0.1) is 5.52 Å². The highest BCUT2D eigenvalue weighted by Gasteiger charge is 2.38. The number of fused-ring (bicyclic) bond motifs is 1. The maximum atomic E-state index is 12.5. The lowest BCUT2D eigenvalue weighted by molar-refractivity contribution is -0.274. The van der Waals surface area contributed by atoms with Gasteiger partial charge in [0.15, 0.2) is 0 Å². The fourth-order valence-corrected chi connectivity index (χ4v) is 3.53. The number of benzene rings is 2. The number of rotatable bonds is 4. The second-order valence-electron chi connectivity index (χ2n) is 7.63. The Hall–Kier alpha value is -4.03. The number of aromatic nitrogens is 1. The molecule has 4 rings (SSSR count). The third-order valence-electron chi connectivity index (χ3n) is 5.08. The Morgan fingerprint density at radius 1 is 1.00 bits per heavy atom. The molecule has 1 atom stereocenters. The Morgan fingerprint density at radius 3 is 2.25 bits per heavy atom. The van der Waals surface area contributed by atoms with Crippen molar-refractivity contribution in [1.29, 1.82) is 0 Å². The topological polar surface area (TPSA) is 91.8 Å². The number of para-hydroxylation sites is 1. The van der Waals surface area contributed by atoms with E-state index < -0.39 is 18.5 Å². The quantitative estimate of drug-likeness (QED) is 0.487. The van der Waals surface area contributed by atoms with Gasteiger partial charge in [-0.3, -0.25) is 9.78 Å². The van der Waals surface area contributed by atoms with Crippen molar-refractivity contribution in [3.05, 3.63) is 66.4 Å². The first kappa shape index (κ1) is 26.6.